The highest BCUT2D eigenvalue weighted by Gasteiger charge is 2.09. The van der Waals surface area contributed by atoms with E-state index in [0.29, 0.717) is 5.56 Å². The number of anilines is 3. The minimum absolute atomic E-state index is 0.0963. The van der Waals surface area contributed by atoms with Gasteiger partial charge in [0.2, 0.25) is 0 Å². The van der Waals surface area contributed by atoms with Crippen LogP contribution in [-0.2, 0) is 0 Å². The minimum atomic E-state index is -0.111. The first-order valence-electron chi connectivity index (χ1n) is 8.83. The van der Waals surface area contributed by atoms with Gasteiger partial charge >= 0.3 is 0 Å². The Balaban J connectivity index is 2.18. The molecule has 1 heterocycles. The summed E-state index contributed by atoms with van der Waals surface area (Å²) in [6.07, 6.45) is 3.31. The summed E-state index contributed by atoms with van der Waals surface area (Å²) in [5, 5.41) is 6.24. The number of aryl methyl sites for hydroxylation is 1. The Labute approximate surface area is 150 Å². The van der Waals surface area contributed by atoms with Crippen LogP contribution in [0.25, 0.3) is 0 Å². The van der Waals surface area contributed by atoms with Crippen molar-refractivity contribution in [1.82, 2.24) is 10.3 Å². The maximum absolute atomic E-state index is 12.1. The van der Waals surface area contributed by atoms with Crippen LogP contribution in [0.5, 0.6) is 0 Å². The molecule has 1 amide bonds. The molecule has 1 aromatic carbocycles. The van der Waals surface area contributed by atoms with Gasteiger partial charge in [-0.2, -0.15) is 0 Å². The topological polar surface area (TPSA) is 57.3 Å². The normalized spacial score (nSPS) is 10.6. The van der Waals surface area contributed by atoms with E-state index >= 15 is 0 Å². The number of carbonyl (C=O) groups excluding carboxylic acids is 1. The van der Waals surface area contributed by atoms with Gasteiger partial charge in [0.1, 0.15) is 0 Å². The van der Waals surface area contributed by atoms with E-state index in [-0.39, 0.29) is 11.9 Å². The fourth-order valence-electron chi connectivity index (χ4n) is 2.71. The van der Waals surface area contributed by atoms with E-state index in [1.165, 1.54) is 5.69 Å². The number of rotatable bonds is 7. The maximum atomic E-state index is 12.1. The zero-order valence-electron chi connectivity index (χ0n) is 15.8. The third-order valence-electron chi connectivity index (χ3n) is 4.04. The molecule has 0 aliphatic carbocycles. The fourth-order valence-corrected chi connectivity index (χ4v) is 2.71. The van der Waals surface area contributed by atoms with Gasteiger partial charge in [0.25, 0.3) is 5.91 Å². The van der Waals surface area contributed by atoms with E-state index in [1.807, 2.05) is 19.9 Å². The molecule has 5 nitrogen and oxygen atoms in total. The van der Waals surface area contributed by atoms with Crippen molar-refractivity contribution in [2.24, 2.45) is 0 Å². The van der Waals surface area contributed by atoms with Crippen molar-refractivity contribution in [2.75, 3.05) is 23.3 Å². The maximum Gasteiger partial charge on any atom is 0.253 e. The molecular formula is C20H28N4O. The summed E-state index contributed by atoms with van der Waals surface area (Å²) in [5.74, 6) is -0.111. The van der Waals surface area contributed by atoms with E-state index in [1.54, 1.807) is 12.4 Å². The van der Waals surface area contributed by atoms with Crippen molar-refractivity contribution in [2.45, 2.75) is 40.7 Å². The minimum Gasteiger partial charge on any atom is -0.372 e. The summed E-state index contributed by atoms with van der Waals surface area (Å²) in [7, 11) is 0. The highest BCUT2D eigenvalue weighted by atomic mass is 16.1. The number of hydrogen-bond donors (Lipinski definition) is 2. The largest absolute Gasteiger partial charge is 0.372 e. The monoisotopic (exact) mass is 340 g/mol. The van der Waals surface area contributed by atoms with Crippen LogP contribution in [0.4, 0.5) is 17.1 Å². The van der Waals surface area contributed by atoms with Crippen LogP contribution in [-0.4, -0.2) is 30.0 Å². The molecule has 0 spiro atoms. The van der Waals surface area contributed by atoms with Crippen LogP contribution in [0.15, 0.2) is 36.7 Å². The number of nitrogens with zero attached hydrogens (tertiary/aromatic N) is 2. The third kappa shape index (κ3) is 4.95. The second-order valence-electron chi connectivity index (χ2n) is 6.39. The van der Waals surface area contributed by atoms with E-state index < -0.39 is 0 Å². The summed E-state index contributed by atoms with van der Waals surface area (Å²) in [5.41, 5.74) is 4.74. The first kappa shape index (κ1) is 18.8. The number of amides is 1. The van der Waals surface area contributed by atoms with Gasteiger partial charge in [0, 0.05) is 36.7 Å². The van der Waals surface area contributed by atoms with Gasteiger partial charge in [-0.1, -0.05) is 0 Å². The first-order chi connectivity index (χ1) is 11.9. The molecule has 134 valence electrons. The Hall–Kier alpha value is -2.56. The lowest BCUT2D eigenvalue weighted by molar-refractivity contribution is 0.0943. The van der Waals surface area contributed by atoms with Gasteiger partial charge in [-0.25, -0.2) is 0 Å². The molecule has 2 N–H and O–H groups in total. The van der Waals surface area contributed by atoms with Crippen molar-refractivity contribution >= 4 is 23.0 Å². The van der Waals surface area contributed by atoms with Gasteiger partial charge in [-0.05, 0) is 64.4 Å². The van der Waals surface area contributed by atoms with Crippen molar-refractivity contribution in [1.29, 1.82) is 0 Å². The third-order valence-corrected chi connectivity index (χ3v) is 4.04. The number of carbonyl (C=O) groups is 1. The summed E-state index contributed by atoms with van der Waals surface area (Å²) in [4.78, 5) is 18.6. The molecule has 2 aromatic rings. The average molecular weight is 340 g/mol. The second-order valence-corrected chi connectivity index (χ2v) is 6.39. The predicted octanol–water partition coefficient (Wildman–Crippen LogP) is 4.12. The highest BCUT2D eigenvalue weighted by molar-refractivity contribution is 5.95. The molecule has 0 aliphatic heterocycles. The molecule has 0 unspecified atom stereocenters. The zero-order chi connectivity index (χ0) is 18.4. The number of aromatic nitrogens is 1. The average Bonchev–Trinajstić information content (AvgIpc) is 2.58. The Kier molecular flexibility index (Phi) is 6.39. The number of benzene rings is 1. The summed E-state index contributed by atoms with van der Waals surface area (Å²) >= 11 is 0. The first-order valence-corrected chi connectivity index (χ1v) is 8.83. The molecule has 0 fully saturated rings. The molecule has 5 heteroatoms. The van der Waals surface area contributed by atoms with Crippen molar-refractivity contribution in [3.05, 3.63) is 47.8 Å². The van der Waals surface area contributed by atoms with Crippen LogP contribution in [0.1, 0.15) is 43.6 Å². The summed E-state index contributed by atoms with van der Waals surface area (Å²) in [6, 6.07) is 8.29. The predicted molar refractivity (Wildman–Crippen MR) is 105 cm³/mol. The van der Waals surface area contributed by atoms with Gasteiger partial charge < -0.3 is 15.5 Å². The van der Waals surface area contributed by atoms with Crippen LogP contribution in [0.2, 0.25) is 0 Å². The van der Waals surface area contributed by atoms with Crippen LogP contribution >= 0.6 is 0 Å². The second kappa shape index (κ2) is 8.51. The quantitative estimate of drug-likeness (QED) is 0.796. The highest BCUT2D eigenvalue weighted by Crippen LogP contribution is 2.25. The Morgan fingerprint density at radius 2 is 1.88 bits per heavy atom. The molecule has 0 radical (unpaired) electrons. The van der Waals surface area contributed by atoms with Crippen molar-refractivity contribution in [3.63, 3.8) is 0 Å². The number of pyridine rings is 1. The van der Waals surface area contributed by atoms with E-state index in [0.717, 1.165) is 30.0 Å². The van der Waals surface area contributed by atoms with Crippen molar-refractivity contribution < 1.29 is 4.79 Å². The number of nitrogens with one attached hydrogen (secondary N) is 2. The lowest BCUT2D eigenvalue weighted by atomic mass is 10.1. The lowest BCUT2D eigenvalue weighted by Gasteiger charge is -2.22. The molecule has 1 aromatic heterocycles. The van der Waals surface area contributed by atoms with E-state index in [9.17, 15) is 4.79 Å². The summed E-state index contributed by atoms with van der Waals surface area (Å²) in [6.45, 7) is 12.2. The fraction of sp³-hybridized carbons (Fsp3) is 0.400. The lowest BCUT2D eigenvalue weighted by Crippen LogP contribution is -2.30. The Morgan fingerprint density at radius 1 is 1.16 bits per heavy atom. The standard InChI is InChI=1S/C20H28N4O/c1-6-24(7-2)18-8-9-19(15(5)10-18)23-17-11-16(12-21-13-17)20(25)22-14(3)4/h8-14,23H,6-7H2,1-5H3,(H,22,25). The number of hydrogen-bond acceptors (Lipinski definition) is 4. The SMILES string of the molecule is CCN(CC)c1ccc(Nc2cncc(C(=O)NC(C)C)c2)c(C)c1. The Morgan fingerprint density at radius 3 is 2.48 bits per heavy atom. The van der Waals surface area contributed by atoms with Gasteiger partial charge in [-0.15, -0.1) is 0 Å². The van der Waals surface area contributed by atoms with Crippen LogP contribution < -0.4 is 15.5 Å². The Bertz CT molecular complexity index is 723. The smallest absolute Gasteiger partial charge is 0.253 e. The van der Waals surface area contributed by atoms with Crippen LogP contribution in [0, 0.1) is 6.92 Å². The van der Waals surface area contributed by atoms with Crippen LogP contribution in [0.3, 0.4) is 0 Å². The molecule has 0 saturated heterocycles. The molecule has 2 rings (SSSR count). The molecular weight excluding hydrogens is 312 g/mol. The van der Waals surface area contributed by atoms with E-state index in [4.69, 9.17) is 0 Å². The molecule has 0 atom stereocenters. The van der Waals surface area contributed by atoms with Gasteiger partial charge in [0.05, 0.1) is 17.4 Å². The van der Waals surface area contributed by atoms with Gasteiger partial charge in [-0.3, -0.25) is 9.78 Å². The molecule has 0 saturated carbocycles. The summed E-state index contributed by atoms with van der Waals surface area (Å²) < 4.78 is 0. The molecule has 25 heavy (non-hydrogen) atoms. The molecule has 0 aliphatic rings. The van der Waals surface area contributed by atoms with Crippen molar-refractivity contribution in [3.8, 4) is 0 Å². The van der Waals surface area contributed by atoms with E-state index in [2.05, 4.69) is 59.5 Å². The van der Waals surface area contributed by atoms with Gasteiger partial charge in [0.15, 0.2) is 0 Å². The molecule has 0 bridgehead atoms. The zero-order valence-corrected chi connectivity index (χ0v) is 15.8.